The second-order valence-electron chi connectivity index (χ2n) is 4.02. The quantitative estimate of drug-likeness (QED) is 0.913. The number of likely N-dealkylation sites (tertiary alicyclic amines) is 1. The predicted molar refractivity (Wildman–Crippen MR) is 66.1 cm³/mol. The Morgan fingerprint density at radius 1 is 1.60 bits per heavy atom. The highest BCUT2D eigenvalue weighted by molar-refractivity contribution is 9.10. The van der Waals surface area contributed by atoms with E-state index in [0.717, 1.165) is 16.8 Å². The van der Waals surface area contributed by atoms with Crippen molar-refractivity contribution in [1.82, 2.24) is 9.88 Å². The summed E-state index contributed by atoms with van der Waals surface area (Å²) in [4.78, 5) is 6.70. The second-order valence-corrected chi connectivity index (χ2v) is 4.93. The normalized spacial score (nSPS) is 21.9. The van der Waals surface area contributed by atoms with E-state index in [1.807, 2.05) is 18.3 Å². The van der Waals surface area contributed by atoms with Crippen LogP contribution in [-0.4, -0.2) is 36.1 Å². The Kier molecular flexibility index (Phi) is 3.59. The van der Waals surface area contributed by atoms with Crippen LogP contribution < -0.4 is 5.32 Å². The van der Waals surface area contributed by atoms with Crippen molar-refractivity contribution in [1.29, 1.82) is 0 Å². The Hall–Kier alpha value is -0.610. The summed E-state index contributed by atoms with van der Waals surface area (Å²) in [6, 6.07) is 4.67. The first-order chi connectivity index (χ1) is 7.25. The monoisotopic (exact) mass is 269 g/mol. The molecular formula is C11H16BrN3. The Balaban J connectivity index is 1.85. The molecule has 1 unspecified atom stereocenters. The molecule has 15 heavy (non-hydrogen) atoms. The molecule has 0 saturated carbocycles. The summed E-state index contributed by atoms with van der Waals surface area (Å²) >= 11 is 3.37. The van der Waals surface area contributed by atoms with E-state index in [4.69, 9.17) is 0 Å². The van der Waals surface area contributed by atoms with Gasteiger partial charge in [-0.25, -0.2) is 4.98 Å². The highest BCUT2D eigenvalue weighted by atomic mass is 79.9. The molecule has 0 bridgehead atoms. The molecule has 1 atom stereocenters. The molecule has 2 heterocycles. The SMILES string of the molecule is CN1CCCC1CNc1ccc(Br)cn1. The van der Waals surface area contributed by atoms with Crippen LogP contribution in [0.1, 0.15) is 12.8 Å². The van der Waals surface area contributed by atoms with Gasteiger partial charge in [0, 0.05) is 23.3 Å². The van der Waals surface area contributed by atoms with E-state index in [1.165, 1.54) is 19.4 Å². The smallest absolute Gasteiger partial charge is 0.126 e. The van der Waals surface area contributed by atoms with Gasteiger partial charge >= 0.3 is 0 Å². The highest BCUT2D eigenvalue weighted by Crippen LogP contribution is 2.16. The molecular weight excluding hydrogens is 254 g/mol. The number of hydrogen-bond acceptors (Lipinski definition) is 3. The average molecular weight is 270 g/mol. The largest absolute Gasteiger partial charge is 0.369 e. The van der Waals surface area contributed by atoms with Gasteiger partial charge in [-0.1, -0.05) is 0 Å². The molecule has 2 rings (SSSR count). The van der Waals surface area contributed by atoms with Crippen molar-refractivity contribution in [2.45, 2.75) is 18.9 Å². The fourth-order valence-corrected chi connectivity index (χ4v) is 2.17. The Bertz CT molecular complexity index is 312. The van der Waals surface area contributed by atoms with Crippen LogP contribution in [0.5, 0.6) is 0 Å². The minimum absolute atomic E-state index is 0.662. The minimum atomic E-state index is 0.662. The lowest BCUT2D eigenvalue weighted by atomic mass is 10.2. The Morgan fingerprint density at radius 3 is 3.07 bits per heavy atom. The van der Waals surface area contributed by atoms with E-state index in [-0.39, 0.29) is 0 Å². The molecule has 1 aliphatic heterocycles. The van der Waals surface area contributed by atoms with E-state index in [2.05, 4.69) is 38.2 Å². The Morgan fingerprint density at radius 2 is 2.47 bits per heavy atom. The summed E-state index contributed by atoms with van der Waals surface area (Å²) in [6.07, 6.45) is 4.43. The van der Waals surface area contributed by atoms with Crippen LogP contribution in [0.25, 0.3) is 0 Å². The van der Waals surface area contributed by atoms with Crippen molar-refractivity contribution >= 4 is 21.7 Å². The molecule has 82 valence electrons. The molecule has 1 aromatic rings. The summed E-state index contributed by atoms with van der Waals surface area (Å²) in [5.74, 6) is 0.957. The average Bonchev–Trinajstić information content (AvgIpc) is 2.63. The lowest BCUT2D eigenvalue weighted by Crippen LogP contribution is -2.31. The highest BCUT2D eigenvalue weighted by Gasteiger charge is 2.20. The van der Waals surface area contributed by atoms with Crippen molar-refractivity contribution in [3.8, 4) is 0 Å². The number of nitrogens with zero attached hydrogens (tertiary/aromatic N) is 2. The Labute approximate surface area is 99.0 Å². The van der Waals surface area contributed by atoms with Gasteiger partial charge in [0.1, 0.15) is 5.82 Å². The van der Waals surface area contributed by atoms with Crippen LogP contribution in [0.2, 0.25) is 0 Å². The number of nitrogens with one attached hydrogen (secondary N) is 1. The number of likely N-dealkylation sites (N-methyl/N-ethyl adjacent to an activating group) is 1. The molecule has 4 heteroatoms. The first kappa shape index (κ1) is 10.9. The molecule has 0 aromatic carbocycles. The molecule has 3 nitrogen and oxygen atoms in total. The standard InChI is InChI=1S/C11H16BrN3/c1-15-6-2-3-10(15)8-14-11-5-4-9(12)7-13-11/h4-5,7,10H,2-3,6,8H2,1H3,(H,13,14). The zero-order valence-corrected chi connectivity index (χ0v) is 10.5. The lowest BCUT2D eigenvalue weighted by molar-refractivity contribution is 0.322. The van der Waals surface area contributed by atoms with Crippen LogP contribution >= 0.6 is 15.9 Å². The number of halogens is 1. The predicted octanol–water partition coefficient (Wildman–Crippen LogP) is 2.35. The van der Waals surface area contributed by atoms with Crippen LogP contribution in [0.3, 0.4) is 0 Å². The number of hydrogen-bond donors (Lipinski definition) is 1. The van der Waals surface area contributed by atoms with Crippen molar-refractivity contribution < 1.29 is 0 Å². The lowest BCUT2D eigenvalue weighted by Gasteiger charge is -2.19. The first-order valence-corrected chi connectivity index (χ1v) is 6.10. The summed E-state index contributed by atoms with van der Waals surface area (Å²) < 4.78 is 1.02. The van der Waals surface area contributed by atoms with Gasteiger partial charge in [0.2, 0.25) is 0 Å². The van der Waals surface area contributed by atoms with Gasteiger partial charge in [-0.15, -0.1) is 0 Å². The van der Waals surface area contributed by atoms with Crippen molar-refractivity contribution in [2.24, 2.45) is 0 Å². The fourth-order valence-electron chi connectivity index (χ4n) is 1.94. The molecule has 1 saturated heterocycles. The summed E-state index contributed by atoms with van der Waals surface area (Å²) in [6.45, 7) is 2.21. The zero-order valence-electron chi connectivity index (χ0n) is 8.91. The number of rotatable bonds is 3. The topological polar surface area (TPSA) is 28.2 Å². The maximum atomic E-state index is 4.29. The zero-order chi connectivity index (χ0) is 10.7. The van der Waals surface area contributed by atoms with Gasteiger partial charge in [-0.05, 0) is 54.5 Å². The van der Waals surface area contributed by atoms with Gasteiger partial charge in [0.05, 0.1) is 0 Å². The summed E-state index contributed by atoms with van der Waals surface area (Å²) in [7, 11) is 2.19. The van der Waals surface area contributed by atoms with Gasteiger partial charge in [-0.2, -0.15) is 0 Å². The summed E-state index contributed by atoms with van der Waals surface area (Å²) in [5, 5.41) is 3.37. The number of aromatic nitrogens is 1. The first-order valence-electron chi connectivity index (χ1n) is 5.31. The van der Waals surface area contributed by atoms with E-state index in [0.29, 0.717) is 6.04 Å². The second kappa shape index (κ2) is 4.94. The van der Waals surface area contributed by atoms with Crippen LogP contribution in [0.15, 0.2) is 22.8 Å². The molecule has 1 fully saturated rings. The van der Waals surface area contributed by atoms with E-state index in [1.54, 1.807) is 0 Å². The molecule has 1 aliphatic rings. The molecule has 1 aromatic heterocycles. The molecule has 0 aliphatic carbocycles. The van der Waals surface area contributed by atoms with Crippen molar-refractivity contribution in [3.05, 3.63) is 22.8 Å². The van der Waals surface area contributed by atoms with Crippen molar-refractivity contribution in [3.63, 3.8) is 0 Å². The minimum Gasteiger partial charge on any atom is -0.369 e. The molecule has 0 radical (unpaired) electrons. The molecule has 1 N–H and O–H groups in total. The molecule has 0 spiro atoms. The van der Waals surface area contributed by atoms with Gasteiger partial charge in [0.25, 0.3) is 0 Å². The summed E-state index contributed by atoms with van der Waals surface area (Å²) in [5.41, 5.74) is 0. The third-order valence-electron chi connectivity index (χ3n) is 2.92. The van der Waals surface area contributed by atoms with Crippen LogP contribution in [-0.2, 0) is 0 Å². The van der Waals surface area contributed by atoms with E-state index in [9.17, 15) is 0 Å². The van der Waals surface area contributed by atoms with Crippen LogP contribution in [0.4, 0.5) is 5.82 Å². The maximum Gasteiger partial charge on any atom is 0.126 e. The van der Waals surface area contributed by atoms with Crippen LogP contribution in [0, 0.1) is 0 Å². The maximum absolute atomic E-state index is 4.29. The van der Waals surface area contributed by atoms with E-state index >= 15 is 0 Å². The number of anilines is 1. The van der Waals surface area contributed by atoms with Gasteiger partial charge in [0.15, 0.2) is 0 Å². The van der Waals surface area contributed by atoms with Gasteiger partial charge < -0.3 is 10.2 Å². The third kappa shape index (κ3) is 2.92. The van der Waals surface area contributed by atoms with E-state index < -0.39 is 0 Å². The third-order valence-corrected chi connectivity index (χ3v) is 3.39. The van der Waals surface area contributed by atoms with Crippen molar-refractivity contribution in [2.75, 3.05) is 25.5 Å². The van der Waals surface area contributed by atoms with Gasteiger partial charge in [-0.3, -0.25) is 0 Å². The number of pyridine rings is 1. The molecule has 0 amide bonds. The fraction of sp³-hybridized carbons (Fsp3) is 0.545.